The first-order chi connectivity index (χ1) is 8.79. The summed E-state index contributed by atoms with van der Waals surface area (Å²) in [7, 11) is 1.61. The van der Waals surface area contributed by atoms with E-state index in [2.05, 4.69) is 10.6 Å². The number of hydrogen-bond donors (Lipinski definition) is 3. The van der Waals surface area contributed by atoms with Crippen LogP contribution < -0.4 is 16.4 Å². The molecule has 0 unspecified atom stereocenters. The highest BCUT2D eigenvalue weighted by Gasteiger charge is 2.26. The maximum absolute atomic E-state index is 11.2. The highest BCUT2D eigenvalue weighted by Crippen LogP contribution is 2.33. The summed E-state index contributed by atoms with van der Waals surface area (Å²) >= 11 is 0. The van der Waals surface area contributed by atoms with Crippen LogP contribution in [-0.4, -0.2) is 24.4 Å². The number of nitrogens with zero attached hydrogens (tertiary/aromatic N) is 1. The number of rotatable bonds is 6. The van der Waals surface area contributed by atoms with Gasteiger partial charge in [0.2, 0.25) is 5.91 Å². The zero-order chi connectivity index (χ0) is 14.6. The first-order valence-electron chi connectivity index (χ1n) is 5.78. The van der Waals surface area contributed by atoms with Crippen molar-refractivity contribution < 1.29 is 9.72 Å². The first kappa shape index (κ1) is 14.7. The normalized spacial score (nSPS) is 10.9. The average Bonchev–Trinajstić information content (AvgIpc) is 2.35. The van der Waals surface area contributed by atoms with Gasteiger partial charge >= 0.3 is 5.69 Å². The predicted octanol–water partition coefficient (Wildman–Crippen LogP) is 1.56. The van der Waals surface area contributed by atoms with Gasteiger partial charge in [0.15, 0.2) is 0 Å². The lowest BCUT2D eigenvalue weighted by Crippen LogP contribution is -2.37. The minimum absolute atomic E-state index is 0.0507. The number of nitrogens with one attached hydrogen (secondary N) is 2. The third kappa shape index (κ3) is 3.34. The van der Waals surface area contributed by atoms with Crippen molar-refractivity contribution in [1.29, 1.82) is 0 Å². The quantitative estimate of drug-likeness (QED) is 0.534. The Balaban J connectivity index is 3.02. The molecule has 1 aromatic carbocycles. The van der Waals surface area contributed by atoms with E-state index < -0.39 is 16.2 Å². The molecule has 1 amide bonds. The number of carbonyl (C=O) groups is 1. The SMILES string of the molecule is CNc1cccc(NCC(C)(C)C(N)=O)c1[N+](=O)[O-]. The van der Waals surface area contributed by atoms with E-state index in [4.69, 9.17) is 5.73 Å². The topological polar surface area (TPSA) is 110 Å². The summed E-state index contributed by atoms with van der Waals surface area (Å²) in [5.41, 5.74) is 5.19. The molecule has 0 aliphatic heterocycles. The van der Waals surface area contributed by atoms with Gasteiger partial charge in [-0.05, 0) is 26.0 Å². The summed E-state index contributed by atoms with van der Waals surface area (Å²) in [6, 6.07) is 4.90. The third-order valence-electron chi connectivity index (χ3n) is 2.88. The molecule has 7 heteroatoms. The lowest BCUT2D eigenvalue weighted by molar-refractivity contribution is -0.383. The molecule has 0 saturated carbocycles. The van der Waals surface area contributed by atoms with Gasteiger partial charge in [-0.15, -0.1) is 0 Å². The summed E-state index contributed by atoms with van der Waals surface area (Å²) in [6.07, 6.45) is 0. The van der Waals surface area contributed by atoms with E-state index in [1.165, 1.54) is 0 Å². The Morgan fingerprint density at radius 3 is 2.47 bits per heavy atom. The van der Waals surface area contributed by atoms with Crippen molar-refractivity contribution >= 4 is 23.0 Å². The van der Waals surface area contributed by atoms with Crippen LogP contribution in [-0.2, 0) is 4.79 Å². The van der Waals surface area contributed by atoms with Crippen molar-refractivity contribution in [3.63, 3.8) is 0 Å². The van der Waals surface area contributed by atoms with E-state index in [0.717, 1.165) is 0 Å². The second-order valence-electron chi connectivity index (χ2n) is 4.81. The fourth-order valence-corrected chi connectivity index (χ4v) is 1.49. The molecule has 0 aromatic heterocycles. The Kier molecular flexibility index (Phi) is 4.31. The van der Waals surface area contributed by atoms with Gasteiger partial charge in [-0.25, -0.2) is 0 Å². The molecule has 0 spiro atoms. The summed E-state index contributed by atoms with van der Waals surface area (Å²) < 4.78 is 0. The molecule has 4 N–H and O–H groups in total. The van der Waals surface area contributed by atoms with E-state index in [-0.39, 0.29) is 12.2 Å². The molecule has 19 heavy (non-hydrogen) atoms. The van der Waals surface area contributed by atoms with Crippen molar-refractivity contribution in [1.82, 2.24) is 0 Å². The smallest absolute Gasteiger partial charge is 0.315 e. The molecule has 104 valence electrons. The molecular weight excluding hydrogens is 248 g/mol. The highest BCUT2D eigenvalue weighted by atomic mass is 16.6. The monoisotopic (exact) mass is 266 g/mol. The largest absolute Gasteiger partial charge is 0.382 e. The minimum Gasteiger partial charge on any atom is -0.382 e. The second-order valence-corrected chi connectivity index (χ2v) is 4.81. The van der Waals surface area contributed by atoms with Gasteiger partial charge in [-0.1, -0.05) is 6.07 Å². The summed E-state index contributed by atoms with van der Waals surface area (Å²) in [6.45, 7) is 3.57. The van der Waals surface area contributed by atoms with E-state index in [9.17, 15) is 14.9 Å². The van der Waals surface area contributed by atoms with Crippen LogP contribution in [0.15, 0.2) is 18.2 Å². The Hall–Kier alpha value is -2.31. The van der Waals surface area contributed by atoms with Crippen LogP contribution in [0.3, 0.4) is 0 Å². The van der Waals surface area contributed by atoms with Crippen LogP contribution in [0.5, 0.6) is 0 Å². The zero-order valence-electron chi connectivity index (χ0n) is 11.2. The van der Waals surface area contributed by atoms with Crippen molar-refractivity contribution in [3.8, 4) is 0 Å². The van der Waals surface area contributed by atoms with Gasteiger partial charge < -0.3 is 16.4 Å². The number of para-hydroxylation sites is 1. The fourth-order valence-electron chi connectivity index (χ4n) is 1.49. The van der Waals surface area contributed by atoms with Gasteiger partial charge in [0.1, 0.15) is 11.4 Å². The van der Waals surface area contributed by atoms with Gasteiger partial charge in [-0.2, -0.15) is 0 Å². The lowest BCUT2D eigenvalue weighted by atomic mass is 9.92. The molecule has 0 heterocycles. The average molecular weight is 266 g/mol. The van der Waals surface area contributed by atoms with Crippen molar-refractivity contribution in [2.75, 3.05) is 24.2 Å². The van der Waals surface area contributed by atoms with Gasteiger partial charge in [0.05, 0.1) is 10.3 Å². The van der Waals surface area contributed by atoms with E-state index in [0.29, 0.717) is 11.4 Å². The summed E-state index contributed by atoms with van der Waals surface area (Å²) in [5, 5.41) is 16.8. The van der Waals surface area contributed by atoms with Crippen LogP contribution in [0.25, 0.3) is 0 Å². The number of nitrogens with two attached hydrogens (primary N) is 1. The Labute approximate surface area is 111 Å². The number of carbonyl (C=O) groups excluding carboxylic acids is 1. The molecular formula is C12H18N4O3. The third-order valence-corrected chi connectivity index (χ3v) is 2.88. The van der Waals surface area contributed by atoms with E-state index >= 15 is 0 Å². The van der Waals surface area contributed by atoms with Crippen LogP contribution in [0, 0.1) is 15.5 Å². The Bertz CT molecular complexity index is 500. The number of anilines is 2. The number of hydrogen-bond acceptors (Lipinski definition) is 5. The highest BCUT2D eigenvalue weighted by molar-refractivity contribution is 5.81. The van der Waals surface area contributed by atoms with Crippen LogP contribution in [0.4, 0.5) is 17.1 Å². The van der Waals surface area contributed by atoms with Crippen LogP contribution >= 0.6 is 0 Å². The van der Waals surface area contributed by atoms with Crippen LogP contribution in [0.2, 0.25) is 0 Å². The Morgan fingerprint density at radius 2 is 2.00 bits per heavy atom. The first-order valence-corrected chi connectivity index (χ1v) is 5.78. The summed E-state index contributed by atoms with van der Waals surface area (Å²) in [5.74, 6) is -0.465. The molecule has 1 rings (SSSR count). The molecule has 7 nitrogen and oxygen atoms in total. The molecule has 1 aromatic rings. The Morgan fingerprint density at radius 1 is 1.42 bits per heavy atom. The van der Waals surface area contributed by atoms with E-state index in [1.807, 2.05) is 0 Å². The lowest BCUT2D eigenvalue weighted by Gasteiger charge is -2.21. The molecule has 0 fully saturated rings. The number of primary amides is 1. The molecule has 0 saturated heterocycles. The van der Waals surface area contributed by atoms with Crippen LogP contribution in [0.1, 0.15) is 13.8 Å². The number of benzene rings is 1. The molecule has 0 aliphatic carbocycles. The van der Waals surface area contributed by atoms with Crippen molar-refractivity contribution in [2.45, 2.75) is 13.8 Å². The maximum atomic E-state index is 11.2. The standard InChI is InChI=1S/C12H18N4O3/c1-12(2,11(13)17)7-15-9-6-4-5-8(14-3)10(9)16(18)19/h4-6,14-15H,7H2,1-3H3,(H2,13,17). The molecule has 0 aliphatic rings. The van der Waals surface area contributed by atoms with Gasteiger partial charge in [0, 0.05) is 13.6 Å². The number of nitro benzene ring substituents is 1. The van der Waals surface area contributed by atoms with Crippen molar-refractivity contribution in [3.05, 3.63) is 28.3 Å². The fraction of sp³-hybridized carbons (Fsp3) is 0.417. The van der Waals surface area contributed by atoms with E-state index in [1.54, 1.807) is 39.1 Å². The maximum Gasteiger partial charge on any atom is 0.315 e. The molecule has 0 atom stereocenters. The molecule has 0 bridgehead atoms. The van der Waals surface area contributed by atoms with Gasteiger partial charge in [0.25, 0.3) is 0 Å². The zero-order valence-corrected chi connectivity index (χ0v) is 11.2. The second kappa shape index (κ2) is 5.55. The predicted molar refractivity (Wildman–Crippen MR) is 74.1 cm³/mol. The minimum atomic E-state index is -0.788. The van der Waals surface area contributed by atoms with Crippen molar-refractivity contribution in [2.24, 2.45) is 11.1 Å². The number of amides is 1. The summed E-state index contributed by atoms with van der Waals surface area (Å²) in [4.78, 5) is 21.8. The number of nitro groups is 1. The molecule has 0 radical (unpaired) electrons. The van der Waals surface area contributed by atoms with Gasteiger partial charge in [-0.3, -0.25) is 14.9 Å².